The van der Waals surface area contributed by atoms with E-state index < -0.39 is 0 Å². The van der Waals surface area contributed by atoms with Crippen LogP contribution in [-0.4, -0.2) is 0 Å². The maximum atomic E-state index is 6.97. The molecule has 0 aliphatic heterocycles. The zero-order valence-electron chi connectivity index (χ0n) is 41.7. The SMILES string of the molecule is CC(C)c1ccc(N(c2cc(C(C)C)c3ccc4c(N(c5ccc(C(C)C)cc5)c5cccc6c5oc5ccccc56)cc5c6c(cc2c3c46)C(C)(C)CC5)c2cccc3c4c(oc23)C=CCC4)cc1. The third-order valence-corrected chi connectivity index (χ3v) is 16.1. The lowest BCUT2D eigenvalue weighted by atomic mass is 9.70. The Labute approximate surface area is 411 Å². The number of hydrogen-bond acceptors (Lipinski definition) is 4. The monoisotopic (exact) mass is 912 g/mol. The van der Waals surface area contributed by atoms with E-state index in [1.54, 1.807) is 0 Å². The quantitative estimate of drug-likeness (QED) is 0.135. The molecule has 2 heterocycles. The van der Waals surface area contributed by atoms with Gasteiger partial charge in [-0.15, -0.1) is 0 Å². The second-order valence-corrected chi connectivity index (χ2v) is 21.8. The fourth-order valence-electron chi connectivity index (χ4n) is 12.2. The van der Waals surface area contributed by atoms with Crippen LogP contribution in [0.2, 0.25) is 0 Å². The predicted molar refractivity (Wildman–Crippen MR) is 298 cm³/mol. The van der Waals surface area contributed by atoms with Gasteiger partial charge in [0.25, 0.3) is 0 Å². The van der Waals surface area contributed by atoms with Gasteiger partial charge < -0.3 is 18.6 Å². The lowest BCUT2D eigenvalue weighted by Crippen LogP contribution is -2.24. The van der Waals surface area contributed by atoms with Gasteiger partial charge in [0, 0.05) is 49.3 Å². The van der Waals surface area contributed by atoms with Crippen LogP contribution in [0.4, 0.5) is 34.1 Å². The number of anilines is 6. The van der Waals surface area contributed by atoms with Crippen molar-refractivity contribution < 1.29 is 8.83 Å². The van der Waals surface area contributed by atoms with Gasteiger partial charge in [-0.05, 0) is 160 Å². The number of aryl methyl sites for hydroxylation is 2. The smallest absolute Gasteiger partial charge is 0.159 e. The zero-order chi connectivity index (χ0) is 47.7. The van der Waals surface area contributed by atoms with Crippen molar-refractivity contribution in [3.63, 3.8) is 0 Å². The Morgan fingerprint density at radius 3 is 1.77 bits per heavy atom. The molecule has 0 unspecified atom stereocenters. The highest BCUT2D eigenvalue weighted by atomic mass is 16.3. The molecule has 2 aromatic heterocycles. The molecule has 0 atom stereocenters. The third kappa shape index (κ3) is 6.41. The van der Waals surface area contributed by atoms with E-state index in [0.29, 0.717) is 11.8 Å². The van der Waals surface area contributed by atoms with Crippen LogP contribution in [0.3, 0.4) is 0 Å². The number of furan rings is 2. The Morgan fingerprint density at radius 1 is 0.486 bits per heavy atom. The highest BCUT2D eigenvalue weighted by Crippen LogP contribution is 2.56. The summed E-state index contributed by atoms with van der Waals surface area (Å²) in [5.41, 5.74) is 17.5. The van der Waals surface area contributed by atoms with E-state index >= 15 is 0 Å². The number of rotatable bonds is 9. The molecular weight excluding hydrogens is 853 g/mol. The van der Waals surface area contributed by atoms with Gasteiger partial charge >= 0.3 is 0 Å². The average Bonchev–Trinajstić information content (AvgIpc) is 3.95. The molecule has 0 bridgehead atoms. The van der Waals surface area contributed by atoms with Crippen molar-refractivity contribution in [3.05, 3.63) is 185 Å². The number of nitrogens with zero attached hydrogens (tertiary/aromatic N) is 2. The zero-order valence-corrected chi connectivity index (χ0v) is 41.7. The van der Waals surface area contributed by atoms with Gasteiger partial charge in [-0.3, -0.25) is 0 Å². The first-order valence-electron chi connectivity index (χ1n) is 25.7. The Morgan fingerprint density at radius 2 is 1.10 bits per heavy atom. The first-order chi connectivity index (χ1) is 33.9. The summed E-state index contributed by atoms with van der Waals surface area (Å²) in [6.45, 7) is 18.7. The molecule has 0 N–H and O–H groups in total. The van der Waals surface area contributed by atoms with Crippen molar-refractivity contribution in [2.45, 2.75) is 104 Å². The van der Waals surface area contributed by atoms with Gasteiger partial charge in [-0.2, -0.15) is 0 Å². The summed E-state index contributed by atoms with van der Waals surface area (Å²) >= 11 is 0. The Balaban J connectivity index is 1.16. The Hall–Kier alpha value is -7.30. The van der Waals surface area contributed by atoms with Crippen molar-refractivity contribution in [2.24, 2.45) is 0 Å². The fraction of sp³-hybridized carbons (Fsp3) is 0.242. The summed E-state index contributed by atoms with van der Waals surface area (Å²) in [7, 11) is 0. The van der Waals surface area contributed by atoms with Crippen LogP contribution in [0.5, 0.6) is 0 Å². The van der Waals surface area contributed by atoms with Crippen molar-refractivity contribution in [1.82, 2.24) is 0 Å². The first kappa shape index (κ1) is 42.8. The highest BCUT2D eigenvalue weighted by Gasteiger charge is 2.35. The molecule has 0 fully saturated rings. The molecule has 2 aliphatic rings. The fourth-order valence-corrected chi connectivity index (χ4v) is 12.2. The van der Waals surface area contributed by atoms with E-state index in [0.717, 1.165) is 81.7 Å². The van der Waals surface area contributed by atoms with Gasteiger partial charge in [-0.1, -0.05) is 140 Å². The molecule has 4 heteroatoms. The average molecular weight is 913 g/mol. The minimum atomic E-state index is -0.0579. The highest BCUT2D eigenvalue weighted by molar-refractivity contribution is 6.31. The Bertz CT molecular complexity index is 3900. The molecule has 346 valence electrons. The molecule has 0 radical (unpaired) electrons. The molecule has 0 amide bonds. The molecule has 0 spiro atoms. The van der Waals surface area contributed by atoms with Gasteiger partial charge in [-0.25, -0.2) is 0 Å². The van der Waals surface area contributed by atoms with Crippen LogP contribution < -0.4 is 9.80 Å². The molecule has 0 saturated carbocycles. The van der Waals surface area contributed by atoms with Gasteiger partial charge in [0.15, 0.2) is 11.2 Å². The van der Waals surface area contributed by atoms with E-state index in [4.69, 9.17) is 8.83 Å². The minimum absolute atomic E-state index is 0.0579. The standard InChI is InChI=1S/C66H60N2O2/c1-38(2)41-23-27-44(28-24-41)67(55-19-13-17-49-46-15-9-11-21-59(46)69-64(49)55)57-35-43-33-34-66(7,8)54-36-53-58(37-52(40(5)6)48-31-32-51(57)63(61(43)54)62(48)53)68(45-29-25-42(26-30-45)39(3)4)56-20-14-18-50-47-16-10-12-22-60(47)70-65(50)56/h9,11-15,17-32,35-40H,10,16,33-34H2,1-8H3. The van der Waals surface area contributed by atoms with Crippen molar-refractivity contribution in [3.8, 4) is 0 Å². The molecule has 11 aromatic rings. The number of hydrogen-bond donors (Lipinski definition) is 0. The second kappa shape index (κ2) is 15.9. The lowest BCUT2D eigenvalue weighted by Gasteiger charge is -2.37. The third-order valence-electron chi connectivity index (χ3n) is 16.1. The van der Waals surface area contributed by atoms with E-state index in [1.807, 2.05) is 0 Å². The molecule has 13 rings (SSSR count). The predicted octanol–water partition coefficient (Wildman–Crippen LogP) is 19.7. The molecule has 2 aliphatic carbocycles. The summed E-state index contributed by atoms with van der Waals surface area (Å²) in [6.07, 6.45) is 8.47. The van der Waals surface area contributed by atoms with Crippen LogP contribution in [0, 0.1) is 0 Å². The minimum Gasteiger partial charge on any atom is -0.454 e. The number of fused-ring (bicyclic) bond motifs is 6. The number of allylic oxidation sites excluding steroid dienone is 1. The molecule has 9 aromatic carbocycles. The van der Waals surface area contributed by atoms with Crippen LogP contribution in [0.15, 0.2) is 154 Å². The number of benzene rings is 9. The Kier molecular flexibility index (Phi) is 9.70. The summed E-state index contributed by atoms with van der Waals surface area (Å²) in [6, 6.07) is 52.9. The lowest BCUT2D eigenvalue weighted by molar-refractivity contribution is 0.475. The maximum absolute atomic E-state index is 6.97. The van der Waals surface area contributed by atoms with E-state index in [1.165, 1.54) is 82.5 Å². The van der Waals surface area contributed by atoms with Gasteiger partial charge in [0.2, 0.25) is 0 Å². The molecular formula is C66H60N2O2. The van der Waals surface area contributed by atoms with Crippen LogP contribution in [0.1, 0.15) is 125 Å². The van der Waals surface area contributed by atoms with Gasteiger partial charge in [0.05, 0.1) is 22.7 Å². The normalized spacial score (nSPS) is 14.5. The topological polar surface area (TPSA) is 32.8 Å². The second-order valence-electron chi connectivity index (χ2n) is 21.8. The van der Waals surface area contributed by atoms with E-state index in [9.17, 15) is 0 Å². The largest absolute Gasteiger partial charge is 0.454 e. The van der Waals surface area contributed by atoms with Crippen LogP contribution in [-0.2, 0) is 18.3 Å². The van der Waals surface area contributed by atoms with Crippen LogP contribution in [0.25, 0.3) is 71.3 Å². The summed E-state index contributed by atoms with van der Waals surface area (Å²) in [4.78, 5) is 5.02. The summed E-state index contributed by atoms with van der Waals surface area (Å²) < 4.78 is 13.9. The van der Waals surface area contributed by atoms with E-state index in [2.05, 4.69) is 217 Å². The molecule has 0 saturated heterocycles. The maximum Gasteiger partial charge on any atom is 0.159 e. The van der Waals surface area contributed by atoms with Crippen molar-refractivity contribution in [2.75, 3.05) is 9.80 Å². The summed E-state index contributed by atoms with van der Waals surface area (Å²) in [5.74, 6) is 2.08. The van der Waals surface area contributed by atoms with Crippen molar-refractivity contribution >= 4 is 105 Å². The first-order valence-corrected chi connectivity index (χ1v) is 25.7. The molecule has 4 nitrogen and oxygen atoms in total. The van der Waals surface area contributed by atoms with Crippen molar-refractivity contribution in [1.29, 1.82) is 0 Å². The van der Waals surface area contributed by atoms with Crippen LogP contribution >= 0.6 is 0 Å². The summed E-state index contributed by atoms with van der Waals surface area (Å²) in [5, 5.41) is 11.4. The van der Waals surface area contributed by atoms with Gasteiger partial charge in [0.1, 0.15) is 11.3 Å². The number of para-hydroxylation sites is 3. The van der Waals surface area contributed by atoms with E-state index in [-0.39, 0.29) is 11.3 Å². The molecule has 70 heavy (non-hydrogen) atoms.